The molecule has 1 aromatic rings. The van der Waals surface area contributed by atoms with Crippen LogP contribution in [-0.4, -0.2) is 48.9 Å². The monoisotopic (exact) mass is 617 g/mol. The summed E-state index contributed by atoms with van der Waals surface area (Å²) in [7, 11) is 0.754. The average Bonchev–Trinajstić information content (AvgIpc) is 3.23. The molecular weight excluding hydrogens is 575 g/mol. The van der Waals surface area contributed by atoms with Gasteiger partial charge in [0.25, 0.3) is 5.60 Å². The number of ketones is 2. The lowest BCUT2D eigenvalue weighted by atomic mass is 9.54. The first-order chi connectivity index (χ1) is 20.6. The van der Waals surface area contributed by atoms with E-state index in [9.17, 15) is 32.3 Å². The Morgan fingerprint density at radius 1 is 1.05 bits per heavy atom. The number of rotatable bonds is 6. The van der Waals surface area contributed by atoms with Crippen LogP contribution in [-0.2, 0) is 34.3 Å². The number of alkyl halides is 3. The molecule has 7 nitrogen and oxygen atoms in total. The van der Waals surface area contributed by atoms with Crippen LogP contribution in [0.1, 0.15) is 72.3 Å². The van der Waals surface area contributed by atoms with Gasteiger partial charge in [-0.25, -0.2) is 4.79 Å². The number of amides is 1. The number of nitrogens with one attached hydrogen (secondary N) is 1. The van der Waals surface area contributed by atoms with Crippen molar-refractivity contribution in [2.24, 2.45) is 29.1 Å². The van der Waals surface area contributed by atoms with Crippen LogP contribution < -0.4 is 5.32 Å². The first-order valence-electron chi connectivity index (χ1n) is 15.2. The van der Waals surface area contributed by atoms with Gasteiger partial charge in [0.15, 0.2) is 11.9 Å². The van der Waals surface area contributed by atoms with E-state index in [1.54, 1.807) is 6.92 Å². The molecule has 0 bridgehead atoms. The Morgan fingerprint density at radius 3 is 2.30 bits per heavy atom. The standard InChI is InChI=1S/C34H42F3NO6/c1-19(2)16-25-29-22(5)21(4)18-24-17-20(3)12-13-26(39)27(14-15-28(40)32(24,29)30(41)38-25)44-31(42)33(43-6,34(35,36)37)23-10-8-7-9-11-23/h7-11,17-19,22,24-25,27,29H,12-16H2,1-6H3,(H,38,41)/b20-17+/t22-,24+,25+,27+,29+,32-,33-/m1/s1. The lowest BCUT2D eigenvalue weighted by molar-refractivity contribution is -0.278. The van der Waals surface area contributed by atoms with Crippen LogP contribution >= 0.6 is 0 Å². The number of halogens is 3. The third kappa shape index (κ3) is 5.66. The maximum absolute atomic E-state index is 14.5. The summed E-state index contributed by atoms with van der Waals surface area (Å²) in [5, 5.41) is 3.11. The van der Waals surface area contributed by atoms with Gasteiger partial charge in [-0.1, -0.05) is 74.4 Å². The predicted octanol–water partition coefficient (Wildman–Crippen LogP) is 6.02. The molecular formula is C34H42F3NO6. The summed E-state index contributed by atoms with van der Waals surface area (Å²) in [4.78, 5) is 55.1. The van der Waals surface area contributed by atoms with E-state index in [0.29, 0.717) is 6.42 Å². The Morgan fingerprint density at radius 2 is 1.70 bits per heavy atom. The minimum atomic E-state index is -5.22. The second-order valence-corrected chi connectivity index (χ2v) is 12.9. The van der Waals surface area contributed by atoms with Crippen LogP contribution in [0.15, 0.2) is 53.6 Å². The van der Waals surface area contributed by atoms with Crippen molar-refractivity contribution >= 4 is 23.4 Å². The van der Waals surface area contributed by atoms with Crippen LogP contribution in [0.3, 0.4) is 0 Å². The quantitative estimate of drug-likeness (QED) is 0.238. The Hall–Kier alpha value is -3.27. The zero-order valence-corrected chi connectivity index (χ0v) is 26.1. The Labute approximate surface area is 256 Å². The molecule has 0 radical (unpaired) electrons. The molecule has 1 aromatic carbocycles. The number of hydrogen-bond donors (Lipinski definition) is 1. The number of esters is 1. The zero-order valence-electron chi connectivity index (χ0n) is 26.1. The maximum Gasteiger partial charge on any atom is 0.432 e. The minimum Gasteiger partial charge on any atom is -0.452 e. The summed E-state index contributed by atoms with van der Waals surface area (Å²) in [6, 6.07) is 6.11. The van der Waals surface area contributed by atoms with Gasteiger partial charge in [-0.2, -0.15) is 13.2 Å². The second kappa shape index (κ2) is 12.6. The van der Waals surface area contributed by atoms with Crippen LogP contribution in [0.4, 0.5) is 13.2 Å². The summed E-state index contributed by atoms with van der Waals surface area (Å²) in [5.74, 6) is -3.93. The molecule has 240 valence electrons. The third-order valence-corrected chi connectivity index (χ3v) is 9.71. The molecule has 4 rings (SSSR count). The van der Waals surface area contributed by atoms with E-state index in [2.05, 4.69) is 19.2 Å². The maximum atomic E-state index is 14.5. The molecule has 0 aromatic heterocycles. The Balaban J connectivity index is 1.74. The zero-order chi connectivity index (χ0) is 32.6. The molecule has 1 spiro atoms. The van der Waals surface area contributed by atoms with Crippen molar-refractivity contribution in [1.29, 1.82) is 0 Å². The van der Waals surface area contributed by atoms with Gasteiger partial charge < -0.3 is 14.8 Å². The van der Waals surface area contributed by atoms with Crippen LogP contribution in [0.25, 0.3) is 0 Å². The minimum absolute atomic E-state index is 0.0908. The average molecular weight is 618 g/mol. The van der Waals surface area contributed by atoms with Gasteiger partial charge in [-0.05, 0) is 44.9 Å². The Bertz CT molecular complexity index is 1350. The summed E-state index contributed by atoms with van der Waals surface area (Å²) in [6.07, 6.45) is -2.91. The van der Waals surface area contributed by atoms with Gasteiger partial charge in [-0.3, -0.25) is 14.4 Å². The van der Waals surface area contributed by atoms with Crippen molar-refractivity contribution < 1.29 is 41.8 Å². The number of benzene rings is 1. The van der Waals surface area contributed by atoms with Crippen LogP contribution in [0.5, 0.6) is 0 Å². The first-order valence-corrected chi connectivity index (χ1v) is 15.2. The van der Waals surface area contributed by atoms with Gasteiger partial charge in [0, 0.05) is 43.4 Å². The fourth-order valence-electron chi connectivity index (χ4n) is 7.43. The molecule has 44 heavy (non-hydrogen) atoms. The molecule has 3 aliphatic rings. The first kappa shape index (κ1) is 33.6. The number of methoxy groups -OCH3 is 1. The highest BCUT2D eigenvalue weighted by Gasteiger charge is 2.66. The lowest BCUT2D eigenvalue weighted by Gasteiger charge is -2.45. The molecule has 1 aliphatic heterocycles. The molecule has 1 N–H and O–H groups in total. The van der Waals surface area contributed by atoms with Gasteiger partial charge in [0.1, 0.15) is 11.2 Å². The fourth-order valence-corrected chi connectivity index (χ4v) is 7.43. The van der Waals surface area contributed by atoms with Gasteiger partial charge in [0.05, 0.1) is 0 Å². The number of allylic oxidation sites excluding steroid dienone is 4. The summed E-state index contributed by atoms with van der Waals surface area (Å²) < 4.78 is 53.8. The van der Waals surface area contributed by atoms with E-state index < -0.39 is 52.3 Å². The van der Waals surface area contributed by atoms with Crippen LogP contribution in [0, 0.1) is 29.1 Å². The smallest absolute Gasteiger partial charge is 0.432 e. The van der Waals surface area contributed by atoms with Gasteiger partial charge >= 0.3 is 12.1 Å². The van der Waals surface area contributed by atoms with Crippen molar-refractivity contribution in [2.75, 3.05) is 7.11 Å². The molecule has 1 fully saturated rings. The number of carbonyl (C=O) groups is 4. The Kier molecular flexibility index (Phi) is 9.64. The van der Waals surface area contributed by atoms with E-state index in [1.807, 2.05) is 26.0 Å². The molecule has 0 saturated carbocycles. The molecule has 0 unspecified atom stereocenters. The van der Waals surface area contributed by atoms with Crippen molar-refractivity contribution in [3.8, 4) is 0 Å². The van der Waals surface area contributed by atoms with Crippen molar-refractivity contribution in [1.82, 2.24) is 5.32 Å². The van der Waals surface area contributed by atoms with E-state index in [0.717, 1.165) is 30.4 Å². The summed E-state index contributed by atoms with van der Waals surface area (Å²) in [5.41, 5.74) is -3.61. The molecule has 1 amide bonds. The largest absolute Gasteiger partial charge is 0.452 e. The number of carbonyl (C=O) groups excluding carboxylic acids is 4. The van der Waals surface area contributed by atoms with E-state index in [4.69, 9.17) is 9.47 Å². The van der Waals surface area contributed by atoms with E-state index in [1.165, 1.54) is 18.2 Å². The molecule has 10 heteroatoms. The van der Waals surface area contributed by atoms with Crippen molar-refractivity contribution in [2.45, 2.75) is 90.6 Å². The number of hydrogen-bond acceptors (Lipinski definition) is 6. The highest BCUT2D eigenvalue weighted by atomic mass is 19.4. The topological polar surface area (TPSA) is 98.8 Å². The summed E-state index contributed by atoms with van der Waals surface area (Å²) >= 11 is 0. The van der Waals surface area contributed by atoms with E-state index in [-0.39, 0.29) is 55.4 Å². The number of ether oxygens (including phenoxy) is 2. The normalized spacial score (nSPS) is 32.3. The van der Waals surface area contributed by atoms with Gasteiger partial charge in [-0.15, -0.1) is 0 Å². The summed E-state index contributed by atoms with van der Waals surface area (Å²) in [6.45, 7) is 9.91. The SMILES string of the molecule is CO[C@@](C(=O)O[C@H]1CCC(=O)[C@@]23C(=O)N[C@@H](CC(C)C)[C@@H]2[C@H](C)C(C)=C[C@@H]3/C=C(\C)CCC1=O)(c1ccccc1)C(F)(F)F. The van der Waals surface area contributed by atoms with Crippen molar-refractivity contribution in [3.63, 3.8) is 0 Å². The molecule has 2 aliphatic carbocycles. The molecule has 7 atom stereocenters. The lowest BCUT2D eigenvalue weighted by Crippen LogP contribution is -2.53. The fraction of sp³-hybridized carbons (Fsp3) is 0.588. The predicted molar refractivity (Wildman–Crippen MR) is 157 cm³/mol. The van der Waals surface area contributed by atoms with E-state index >= 15 is 0 Å². The number of Topliss-reactive ketones (excluding diaryl/α,β-unsaturated/α-hetero) is 2. The second-order valence-electron chi connectivity index (χ2n) is 12.9. The van der Waals surface area contributed by atoms with Gasteiger partial charge in [0.2, 0.25) is 5.91 Å². The van der Waals surface area contributed by atoms with Crippen LogP contribution in [0.2, 0.25) is 0 Å². The highest BCUT2D eigenvalue weighted by molar-refractivity contribution is 6.09. The third-order valence-electron chi connectivity index (χ3n) is 9.71. The molecule has 1 heterocycles. The highest BCUT2D eigenvalue weighted by Crippen LogP contribution is 2.55. The molecule has 1 saturated heterocycles. The van der Waals surface area contributed by atoms with Crippen molar-refractivity contribution in [3.05, 3.63) is 59.2 Å².